The highest BCUT2D eigenvalue weighted by molar-refractivity contribution is 6.31. The third-order valence-corrected chi connectivity index (χ3v) is 5.68. The minimum Gasteiger partial charge on any atom is -0.437 e. The van der Waals surface area contributed by atoms with Crippen LogP contribution < -0.4 is 10.9 Å². The highest BCUT2D eigenvalue weighted by Gasteiger charge is 2.14. The summed E-state index contributed by atoms with van der Waals surface area (Å²) >= 11 is 6.07. The number of anilines is 1. The molecule has 158 valence electrons. The van der Waals surface area contributed by atoms with E-state index in [-0.39, 0.29) is 5.43 Å². The minimum atomic E-state index is -0.100. The molecule has 0 aliphatic rings. The number of hydrogen-bond donors (Lipinski definition) is 1. The van der Waals surface area contributed by atoms with Crippen LogP contribution in [0.3, 0.4) is 0 Å². The highest BCUT2D eigenvalue weighted by Crippen LogP contribution is 2.25. The van der Waals surface area contributed by atoms with Crippen molar-refractivity contribution in [3.05, 3.63) is 86.8 Å². The Hall–Kier alpha value is -3.77. The first-order chi connectivity index (χ1) is 15.4. The fourth-order valence-electron chi connectivity index (χ4n) is 3.77. The van der Waals surface area contributed by atoms with E-state index in [9.17, 15) is 4.79 Å². The van der Waals surface area contributed by atoms with Crippen molar-refractivity contribution in [3.8, 4) is 0 Å². The largest absolute Gasteiger partial charge is 0.437 e. The van der Waals surface area contributed by atoms with Crippen LogP contribution in [0.25, 0.3) is 33.0 Å². The molecule has 0 saturated heterocycles. The molecule has 6 nitrogen and oxygen atoms in total. The van der Waals surface area contributed by atoms with Gasteiger partial charge in [0.1, 0.15) is 5.58 Å². The lowest BCUT2D eigenvalue weighted by Crippen LogP contribution is -2.09. The maximum Gasteiger partial charge on any atom is 0.230 e. The molecule has 7 heteroatoms. The molecule has 0 saturated carbocycles. The lowest BCUT2D eigenvalue weighted by Gasteiger charge is -2.09. The van der Waals surface area contributed by atoms with Crippen LogP contribution in [0.1, 0.15) is 23.7 Å². The molecule has 0 spiro atoms. The van der Waals surface area contributed by atoms with E-state index in [0.717, 1.165) is 33.4 Å². The van der Waals surface area contributed by atoms with Gasteiger partial charge in [-0.3, -0.25) is 15.2 Å². The molecule has 0 unspecified atom stereocenters. The monoisotopic (exact) mass is 442 g/mol. The summed E-state index contributed by atoms with van der Waals surface area (Å²) in [5, 5.41) is 7.05. The Morgan fingerprint density at radius 1 is 1.03 bits per heavy atom. The molecule has 0 bridgehead atoms. The van der Waals surface area contributed by atoms with Gasteiger partial charge in [0.2, 0.25) is 11.1 Å². The summed E-state index contributed by atoms with van der Waals surface area (Å²) in [7, 11) is 0. The molecule has 0 atom stereocenters. The zero-order chi connectivity index (χ0) is 22.4. The van der Waals surface area contributed by atoms with Crippen LogP contribution in [0, 0.1) is 13.8 Å². The van der Waals surface area contributed by atoms with Crippen LogP contribution in [0.2, 0.25) is 5.02 Å². The zero-order valence-electron chi connectivity index (χ0n) is 17.7. The van der Waals surface area contributed by atoms with E-state index >= 15 is 0 Å². The second-order valence-corrected chi connectivity index (χ2v) is 8.17. The van der Waals surface area contributed by atoms with Gasteiger partial charge in [-0.1, -0.05) is 23.2 Å². The van der Waals surface area contributed by atoms with Gasteiger partial charge in [-0.05, 0) is 63.2 Å². The van der Waals surface area contributed by atoms with Crippen LogP contribution in [-0.4, -0.2) is 15.7 Å². The standard InChI is InChI=1S/C25H19ClN4O2/c1-13-4-7-23-19(10-13)24(31)20-12-18(14(2)28-25(20)32-23)15(3)29-30-21-8-9-27-22-11-16(26)5-6-17(21)22/h4-12H,1-3H3,(H,27,30)/b29-15+. The van der Waals surface area contributed by atoms with Gasteiger partial charge >= 0.3 is 0 Å². The molecule has 2 aromatic carbocycles. The first-order valence-electron chi connectivity index (χ1n) is 10.1. The van der Waals surface area contributed by atoms with Gasteiger partial charge < -0.3 is 4.42 Å². The Morgan fingerprint density at radius 2 is 1.88 bits per heavy atom. The third-order valence-electron chi connectivity index (χ3n) is 5.45. The smallest absolute Gasteiger partial charge is 0.230 e. The second kappa shape index (κ2) is 7.73. The third kappa shape index (κ3) is 3.48. The number of nitrogens with one attached hydrogen (secondary N) is 1. The number of benzene rings is 2. The van der Waals surface area contributed by atoms with Gasteiger partial charge in [0.15, 0.2) is 0 Å². The first-order valence-corrected chi connectivity index (χ1v) is 10.5. The SMILES string of the molecule is C/C(=N\Nc1ccnc2cc(Cl)ccc12)c1cc2c(=O)c3cc(C)ccc3oc2nc1C. The number of halogens is 1. The van der Waals surface area contributed by atoms with Crippen LogP contribution in [-0.2, 0) is 0 Å². The van der Waals surface area contributed by atoms with Gasteiger partial charge in [0.25, 0.3) is 0 Å². The number of hydrazone groups is 1. The summed E-state index contributed by atoms with van der Waals surface area (Å²) in [6.07, 6.45) is 1.70. The Morgan fingerprint density at radius 3 is 2.72 bits per heavy atom. The molecular formula is C25H19ClN4O2. The lowest BCUT2D eigenvalue weighted by molar-refractivity contribution is 0.643. The molecule has 3 heterocycles. The van der Waals surface area contributed by atoms with Crippen molar-refractivity contribution in [2.45, 2.75) is 20.8 Å². The maximum absolute atomic E-state index is 13.1. The van der Waals surface area contributed by atoms with E-state index in [2.05, 4.69) is 20.5 Å². The minimum absolute atomic E-state index is 0.100. The van der Waals surface area contributed by atoms with Crippen LogP contribution in [0.4, 0.5) is 5.69 Å². The average molecular weight is 443 g/mol. The molecule has 5 aromatic rings. The summed E-state index contributed by atoms with van der Waals surface area (Å²) in [5.41, 5.74) is 8.63. The molecule has 0 fully saturated rings. The van der Waals surface area contributed by atoms with E-state index in [1.807, 2.05) is 51.1 Å². The van der Waals surface area contributed by atoms with Gasteiger partial charge in [-0.2, -0.15) is 5.10 Å². The van der Waals surface area contributed by atoms with Crippen molar-refractivity contribution in [1.29, 1.82) is 0 Å². The lowest BCUT2D eigenvalue weighted by atomic mass is 10.1. The average Bonchev–Trinajstić information content (AvgIpc) is 2.77. The van der Waals surface area contributed by atoms with Gasteiger partial charge in [-0.15, -0.1) is 0 Å². The van der Waals surface area contributed by atoms with Crippen molar-refractivity contribution in [1.82, 2.24) is 9.97 Å². The van der Waals surface area contributed by atoms with Crippen molar-refractivity contribution < 1.29 is 4.42 Å². The number of fused-ring (bicyclic) bond motifs is 3. The molecule has 0 radical (unpaired) electrons. The zero-order valence-corrected chi connectivity index (χ0v) is 18.5. The number of nitrogens with zero attached hydrogens (tertiary/aromatic N) is 3. The number of rotatable bonds is 3. The molecule has 0 amide bonds. The van der Waals surface area contributed by atoms with Crippen LogP contribution in [0.5, 0.6) is 0 Å². The number of hydrogen-bond acceptors (Lipinski definition) is 6. The number of aryl methyl sites for hydroxylation is 2. The second-order valence-electron chi connectivity index (χ2n) is 7.73. The highest BCUT2D eigenvalue weighted by atomic mass is 35.5. The van der Waals surface area contributed by atoms with E-state index < -0.39 is 0 Å². The quantitative estimate of drug-likeness (QED) is 0.211. The summed E-state index contributed by atoms with van der Waals surface area (Å²) in [6, 6.07) is 14.7. The fraction of sp³-hybridized carbons (Fsp3) is 0.120. The summed E-state index contributed by atoms with van der Waals surface area (Å²) in [4.78, 5) is 22.0. The first kappa shape index (κ1) is 20.2. The summed E-state index contributed by atoms with van der Waals surface area (Å²) < 4.78 is 5.90. The molecule has 3 aromatic heterocycles. The summed E-state index contributed by atoms with van der Waals surface area (Å²) in [6.45, 7) is 5.69. The molecule has 0 aliphatic heterocycles. The molecular weight excluding hydrogens is 424 g/mol. The predicted molar refractivity (Wildman–Crippen MR) is 130 cm³/mol. The Bertz CT molecular complexity index is 1620. The van der Waals surface area contributed by atoms with E-state index in [1.165, 1.54) is 0 Å². The number of pyridine rings is 2. The van der Waals surface area contributed by atoms with Crippen LogP contribution >= 0.6 is 11.6 Å². The normalized spacial score (nSPS) is 12.1. The molecule has 0 aliphatic carbocycles. The van der Waals surface area contributed by atoms with E-state index in [4.69, 9.17) is 16.0 Å². The molecule has 5 rings (SSSR count). The van der Waals surface area contributed by atoms with Crippen molar-refractivity contribution in [3.63, 3.8) is 0 Å². The van der Waals surface area contributed by atoms with Crippen molar-refractivity contribution in [2.75, 3.05) is 5.43 Å². The van der Waals surface area contributed by atoms with Gasteiger partial charge in [0, 0.05) is 22.2 Å². The summed E-state index contributed by atoms with van der Waals surface area (Å²) in [5.74, 6) is 0. The topological polar surface area (TPSA) is 80.4 Å². The van der Waals surface area contributed by atoms with E-state index in [0.29, 0.717) is 32.8 Å². The molecule has 32 heavy (non-hydrogen) atoms. The predicted octanol–water partition coefficient (Wildman–Crippen LogP) is 6.00. The van der Waals surface area contributed by atoms with Gasteiger partial charge in [-0.25, -0.2) is 4.98 Å². The van der Waals surface area contributed by atoms with Crippen LogP contribution in [0.15, 0.2) is 69.0 Å². The van der Waals surface area contributed by atoms with Gasteiger partial charge in [0.05, 0.1) is 33.4 Å². The van der Waals surface area contributed by atoms with E-state index in [1.54, 1.807) is 24.4 Å². The number of aromatic nitrogens is 2. The fourth-order valence-corrected chi connectivity index (χ4v) is 3.94. The maximum atomic E-state index is 13.1. The Kier molecular flexibility index (Phi) is 4.87. The Labute approximate surface area is 188 Å². The van der Waals surface area contributed by atoms with Crippen molar-refractivity contribution >= 4 is 56.0 Å². The Balaban J connectivity index is 1.58. The molecule has 1 N–H and O–H groups in total. The van der Waals surface area contributed by atoms with Crippen molar-refractivity contribution in [2.24, 2.45) is 5.10 Å².